The Hall–Kier alpha value is -3.41. The largest absolute Gasteiger partial charge is 0.340 e. The monoisotopic (exact) mass is 413 g/mol. The molecule has 31 heavy (non-hydrogen) atoms. The van der Waals surface area contributed by atoms with E-state index in [0.717, 1.165) is 48.0 Å². The molecule has 1 fully saturated rings. The summed E-state index contributed by atoms with van der Waals surface area (Å²) in [6.07, 6.45) is 8.05. The van der Waals surface area contributed by atoms with Crippen molar-refractivity contribution in [2.24, 2.45) is 5.92 Å². The van der Waals surface area contributed by atoms with Crippen LogP contribution in [0.3, 0.4) is 0 Å². The second-order valence-corrected chi connectivity index (χ2v) is 8.57. The lowest BCUT2D eigenvalue weighted by atomic mass is 10.1. The van der Waals surface area contributed by atoms with Crippen LogP contribution in [-0.4, -0.2) is 43.4 Å². The molecule has 0 bridgehead atoms. The SMILES string of the molecule is CC1CC(Cn2ncc3cc(-c4cn[nH]c4)ccc32)CN1C(=O)CCc1ccccc1. The number of H-pyrrole nitrogens is 1. The molecule has 6 nitrogen and oxygen atoms in total. The highest BCUT2D eigenvalue weighted by molar-refractivity contribution is 5.84. The van der Waals surface area contributed by atoms with Gasteiger partial charge in [-0.1, -0.05) is 36.4 Å². The summed E-state index contributed by atoms with van der Waals surface area (Å²) in [5.74, 6) is 0.682. The van der Waals surface area contributed by atoms with E-state index >= 15 is 0 Å². The minimum absolute atomic E-state index is 0.258. The first-order chi connectivity index (χ1) is 15.2. The quantitative estimate of drug-likeness (QED) is 0.513. The fourth-order valence-corrected chi connectivity index (χ4v) is 4.73. The van der Waals surface area contributed by atoms with Gasteiger partial charge in [-0.2, -0.15) is 10.2 Å². The molecule has 3 heterocycles. The fraction of sp³-hybridized carbons (Fsp3) is 0.320. The van der Waals surface area contributed by atoms with E-state index in [2.05, 4.69) is 62.1 Å². The molecule has 1 saturated heterocycles. The molecule has 2 aromatic heterocycles. The van der Waals surface area contributed by atoms with Crippen molar-refractivity contribution in [3.05, 3.63) is 72.7 Å². The van der Waals surface area contributed by atoms with E-state index in [0.29, 0.717) is 12.3 Å². The van der Waals surface area contributed by atoms with Crippen molar-refractivity contribution < 1.29 is 4.79 Å². The maximum Gasteiger partial charge on any atom is 0.223 e. The van der Waals surface area contributed by atoms with Crippen LogP contribution in [0.4, 0.5) is 0 Å². The third-order valence-corrected chi connectivity index (χ3v) is 6.36. The van der Waals surface area contributed by atoms with E-state index in [1.165, 1.54) is 5.56 Å². The zero-order valence-corrected chi connectivity index (χ0v) is 17.7. The van der Waals surface area contributed by atoms with Crippen molar-refractivity contribution in [1.29, 1.82) is 0 Å². The Morgan fingerprint density at radius 1 is 1.13 bits per heavy atom. The van der Waals surface area contributed by atoms with Gasteiger partial charge < -0.3 is 4.90 Å². The second-order valence-electron chi connectivity index (χ2n) is 8.57. The van der Waals surface area contributed by atoms with Crippen molar-refractivity contribution >= 4 is 16.8 Å². The van der Waals surface area contributed by atoms with Gasteiger partial charge >= 0.3 is 0 Å². The molecule has 158 valence electrons. The van der Waals surface area contributed by atoms with E-state index in [4.69, 9.17) is 0 Å². The van der Waals surface area contributed by atoms with Crippen molar-refractivity contribution in [2.45, 2.75) is 38.8 Å². The standard InChI is InChI=1S/C25H27N5O/c1-18-11-20(16-29(18)25(31)10-7-19-5-3-2-4-6-19)17-30-24-9-8-21(12-22(24)15-28-30)23-13-26-27-14-23/h2-6,8-9,12-15,18,20H,7,10-11,16-17H2,1H3,(H,26,27). The van der Waals surface area contributed by atoms with E-state index in [1.807, 2.05) is 36.8 Å². The highest BCUT2D eigenvalue weighted by Crippen LogP contribution is 2.28. The van der Waals surface area contributed by atoms with Gasteiger partial charge in [-0.15, -0.1) is 0 Å². The topological polar surface area (TPSA) is 66.8 Å². The summed E-state index contributed by atoms with van der Waals surface area (Å²) in [5, 5.41) is 12.7. The normalized spacial score (nSPS) is 18.7. The van der Waals surface area contributed by atoms with Gasteiger partial charge in [0.15, 0.2) is 0 Å². The number of carbonyl (C=O) groups is 1. The van der Waals surface area contributed by atoms with Gasteiger partial charge in [0.05, 0.1) is 17.9 Å². The van der Waals surface area contributed by atoms with Crippen molar-refractivity contribution in [2.75, 3.05) is 6.54 Å². The number of aromatic amines is 1. The van der Waals surface area contributed by atoms with Crippen LogP contribution in [0.5, 0.6) is 0 Å². The van der Waals surface area contributed by atoms with Crippen LogP contribution in [0.15, 0.2) is 67.1 Å². The molecule has 2 atom stereocenters. The average molecular weight is 414 g/mol. The van der Waals surface area contributed by atoms with Crippen LogP contribution < -0.4 is 0 Å². The molecule has 5 rings (SSSR count). The van der Waals surface area contributed by atoms with Gasteiger partial charge in [0, 0.05) is 42.7 Å². The molecule has 1 amide bonds. The van der Waals surface area contributed by atoms with Crippen LogP contribution >= 0.6 is 0 Å². The summed E-state index contributed by atoms with van der Waals surface area (Å²) < 4.78 is 2.09. The molecule has 1 aliphatic rings. The lowest BCUT2D eigenvalue weighted by Gasteiger charge is -2.21. The third-order valence-electron chi connectivity index (χ3n) is 6.36. The molecule has 0 spiro atoms. The maximum atomic E-state index is 12.8. The summed E-state index contributed by atoms with van der Waals surface area (Å²) in [6.45, 7) is 3.81. The molecule has 2 aromatic carbocycles. The smallest absolute Gasteiger partial charge is 0.223 e. The van der Waals surface area contributed by atoms with Crippen LogP contribution in [0, 0.1) is 5.92 Å². The summed E-state index contributed by atoms with van der Waals surface area (Å²) >= 11 is 0. The van der Waals surface area contributed by atoms with Crippen molar-refractivity contribution in [3.8, 4) is 11.1 Å². The second kappa shape index (κ2) is 8.38. The number of hydrogen-bond donors (Lipinski definition) is 1. The highest BCUT2D eigenvalue weighted by Gasteiger charge is 2.32. The first-order valence-corrected chi connectivity index (χ1v) is 11.0. The minimum atomic E-state index is 0.258. The van der Waals surface area contributed by atoms with Gasteiger partial charge in [-0.05, 0) is 48.9 Å². The lowest BCUT2D eigenvalue weighted by molar-refractivity contribution is -0.131. The number of nitrogens with one attached hydrogen (secondary N) is 1. The number of benzene rings is 2. The summed E-state index contributed by atoms with van der Waals surface area (Å²) in [4.78, 5) is 14.9. The van der Waals surface area contributed by atoms with Gasteiger partial charge in [-0.3, -0.25) is 14.6 Å². The number of rotatable bonds is 6. The van der Waals surface area contributed by atoms with E-state index in [1.54, 1.807) is 0 Å². The Balaban J connectivity index is 1.23. The van der Waals surface area contributed by atoms with E-state index < -0.39 is 0 Å². The average Bonchev–Trinajstić information content (AvgIpc) is 3.53. The molecule has 2 unspecified atom stereocenters. The van der Waals surface area contributed by atoms with Gasteiger partial charge in [0.1, 0.15) is 0 Å². The molecule has 6 heteroatoms. The molecule has 4 aromatic rings. The number of nitrogens with zero attached hydrogens (tertiary/aromatic N) is 4. The highest BCUT2D eigenvalue weighted by atomic mass is 16.2. The zero-order chi connectivity index (χ0) is 21.2. The predicted molar refractivity (Wildman–Crippen MR) is 121 cm³/mol. The summed E-state index contributed by atoms with van der Waals surface area (Å²) in [7, 11) is 0. The minimum Gasteiger partial charge on any atom is -0.340 e. The number of hydrogen-bond acceptors (Lipinski definition) is 3. The van der Waals surface area contributed by atoms with Crippen molar-refractivity contribution in [3.63, 3.8) is 0 Å². The molecule has 1 aliphatic heterocycles. The van der Waals surface area contributed by atoms with Crippen LogP contribution in [0.1, 0.15) is 25.3 Å². The summed E-state index contributed by atoms with van der Waals surface area (Å²) in [5.41, 5.74) is 4.56. The fourth-order valence-electron chi connectivity index (χ4n) is 4.73. The lowest BCUT2D eigenvalue weighted by Crippen LogP contribution is -2.34. The Bertz CT molecular complexity index is 1170. The Kier molecular flexibility index (Phi) is 5.28. The number of carbonyl (C=O) groups excluding carboxylic acids is 1. The van der Waals surface area contributed by atoms with Crippen LogP contribution in [0.2, 0.25) is 0 Å². The summed E-state index contributed by atoms with van der Waals surface area (Å²) in [6, 6.07) is 16.9. The van der Waals surface area contributed by atoms with Crippen molar-refractivity contribution in [1.82, 2.24) is 24.9 Å². The first kappa shape index (κ1) is 19.5. The maximum absolute atomic E-state index is 12.8. The number of fused-ring (bicyclic) bond motifs is 1. The Morgan fingerprint density at radius 3 is 2.81 bits per heavy atom. The molecule has 1 N–H and O–H groups in total. The van der Waals surface area contributed by atoms with E-state index in [9.17, 15) is 4.79 Å². The zero-order valence-electron chi connectivity index (χ0n) is 17.7. The first-order valence-electron chi connectivity index (χ1n) is 11.0. The number of amides is 1. The molecular weight excluding hydrogens is 386 g/mol. The predicted octanol–water partition coefficient (Wildman–Crippen LogP) is 4.30. The van der Waals surface area contributed by atoms with Crippen LogP contribution in [0.25, 0.3) is 22.0 Å². The van der Waals surface area contributed by atoms with Crippen LogP contribution in [-0.2, 0) is 17.8 Å². The van der Waals surface area contributed by atoms with Gasteiger partial charge in [-0.25, -0.2) is 0 Å². The number of aryl methyl sites for hydroxylation is 1. The third kappa shape index (κ3) is 4.10. The van der Waals surface area contributed by atoms with Gasteiger partial charge in [0.25, 0.3) is 0 Å². The van der Waals surface area contributed by atoms with Gasteiger partial charge in [0.2, 0.25) is 5.91 Å². The molecule has 0 aliphatic carbocycles. The van der Waals surface area contributed by atoms with E-state index in [-0.39, 0.29) is 11.9 Å². The Labute approximate surface area is 181 Å². The molecular formula is C25H27N5O. The number of aromatic nitrogens is 4. The number of likely N-dealkylation sites (tertiary alicyclic amines) is 1. The molecule has 0 saturated carbocycles. The molecule has 0 radical (unpaired) electrons. The Morgan fingerprint density at radius 2 is 2.00 bits per heavy atom.